The van der Waals surface area contributed by atoms with E-state index in [9.17, 15) is 14.7 Å². The van der Waals surface area contributed by atoms with Gasteiger partial charge in [0.2, 0.25) is 0 Å². The van der Waals surface area contributed by atoms with Gasteiger partial charge in [0.15, 0.2) is 11.0 Å². The lowest BCUT2D eigenvalue weighted by molar-refractivity contribution is -0.167. The molecule has 1 saturated heterocycles. The van der Waals surface area contributed by atoms with E-state index < -0.39 is 23.3 Å². The van der Waals surface area contributed by atoms with Crippen molar-refractivity contribution >= 4 is 16.9 Å². The largest absolute Gasteiger partial charge is 0.507 e. The maximum Gasteiger partial charge on any atom is 0.341 e. The van der Waals surface area contributed by atoms with Crippen LogP contribution in [0.25, 0.3) is 11.0 Å². The number of phenols is 1. The number of carbonyl (C=O) groups excluding carboxylic acids is 1. The maximum absolute atomic E-state index is 13.8. The number of hydrogen-bond acceptors (Lipinski definition) is 12. The van der Waals surface area contributed by atoms with E-state index in [1.165, 1.54) is 6.07 Å². The van der Waals surface area contributed by atoms with Gasteiger partial charge in [-0.25, -0.2) is 4.79 Å². The van der Waals surface area contributed by atoms with Gasteiger partial charge in [0.05, 0.1) is 23.8 Å². The van der Waals surface area contributed by atoms with Gasteiger partial charge in [-0.3, -0.25) is 4.79 Å². The monoisotopic (exact) mass is 619 g/mol. The van der Waals surface area contributed by atoms with Gasteiger partial charge >= 0.3 is 5.97 Å². The van der Waals surface area contributed by atoms with E-state index >= 15 is 0 Å². The molecule has 1 aromatic carbocycles. The SMILES string of the molecule is CNCCC1(C(=O)OC2Cc3c(cc4oc(C)cc(=O)c4c3O)OC2(C)C)OC1CCC1=CC(C2=CCNC(N)=C2)NC(N)=C1. The third kappa shape index (κ3) is 5.87. The van der Waals surface area contributed by atoms with Crippen LogP contribution in [0.3, 0.4) is 0 Å². The molecule has 4 aliphatic rings. The van der Waals surface area contributed by atoms with E-state index in [1.807, 2.05) is 33.0 Å². The number of aryl methyl sites for hydroxylation is 1. The Balaban J connectivity index is 1.18. The number of phenolic OH excluding ortho intramolecular Hbond substituents is 1. The Morgan fingerprint density at radius 3 is 2.78 bits per heavy atom. The fourth-order valence-corrected chi connectivity index (χ4v) is 6.40. The van der Waals surface area contributed by atoms with Crippen molar-refractivity contribution in [1.82, 2.24) is 16.0 Å². The van der Waals surface area contributed by atoms with Crippen molar-refractivity contribution in [3.63, 3.8) is 0 Å². The highest BCUT2D eigenvalue weighted by atomic mass is 16.7. The van der Waals surface area contributed by atoms with E-state index in [1.54, 1.807) is 13.0 Å². The second kappa shape index (κ2) is 11.5. The molecule has 1 fully saturated rings. The first-order valence-corrected chi connectivity index (χ1v) is 15.3. The van der Waals surface area contributed by atoms with Crippen LogP contribution in [-0.2, 0) is 20.7 Å². The Morgan fingerprint density at radius 1 is 1.22 bits per heavy atom. The fraction of sp³-hybridized carbons (Fsp3) is 0.455. The predicted octanol–water partition coefficient (Wildman–Crippen LogP) is 1.99. The summed E-state index contributed by atoms with van der Waals surface area (Å²) in [5, 5.41) is 20.6. The van der Waals surface area contributed by atoms with Crippen molar-refractivity contribution in [2.24, 2.45) is 11.5 Å². The van der Waals surface area contributed by atoms with Gasteiger partial charge in [0, 0.05) is 37.1 Å². The number of fused-ring (bicyclic) bond motifs is 2. The van der Waals surface area contributed by atoms with Gasteiger partial charge in [-0.2, -0.15) is 0 Å². The van der Waals surface area contributed by atoms with Crippen LogP contribution in [0.2, 0.25) is 0 Å². The molecule has 12 heteroatoms. The van der Waals surface area contributed by atoms with Crippen LogP contribution in [0.4, 0.5) is 0 Å². The highest BCUT2D eigenvalue weighted by Gasteiger charge is 2.63. The van der Waals surface area contributed by atoms with Crippen LogP contribution in [0.1, 0.15) is 44.4 Å². The van der Waals surface area contributed by atoms with Crippen molar-refractivity contribution in [3.05, 3.63) is 80.8 Å². The number of carbonyl (C=O) groups is 1. The molecule has 8 N–H and O–H groups in total. The number of esters is 1. The van der Waals surface area contributed by atoms with Crippen molar-refractivity contribution in [2.75, 3.05) is 20.1 Å². The zero-order valence-corrected chi connectivity index (χ0v) is 26.0. The molecular weight excluding hydrogens is 578 g/mol. The topological polar surface area (TPSA) is 187 Å². The highest BCUT2D eigenvalue weighted by Crippen LogP contribution is 2.47. The minimum atomic E-state index is -1.11. The van der Waals surface area contributed by atoms with Crippen molar-refractivity contribution in [3.8, 4) is 11.5 Å². The molecule has 4 aliphatic heterocycles. The molecule has 4 atom stereocenters. The highest BCUT2D eigenvalue weighted by molar-refractivity contribution is 5.87. The van der Waals surface area contributed by atoms with Gasteiger partial charge in [-0.05, 0) is 70.5 Å². The number of aromatic hydroxyl groups is 1. The lowest BCUT2D eigenvalue weighted by Crippen LogP contribution is -2.50. The van der Waals surface area contributed by atoms with Crippen LogP contribution in [0.15, 0.2) is 68.4 Å². The molecule has 1 aromatic heterocycles. The van der Waals surface area contributed by atoms with E-state index in [4.69, 9.17) is 30.1 Å². The number of rotatable bonds is 9. The number of benzene rings is 1. The van der Waals surface area contributed by atoms with Gasteiger partial charge < -0.3 is 51.2 Å². The molecule has 0 radical (unpaired) electrons. The van der Waals surface area contributed by atoms with Crippen LogP contribution in [-0.4, -0.2) is 60.7 Å². The Bertz CT molecular complexity index is 1720. The molecular formula is C33H41N5O7. The zero-order chi connectivity index (χ0) is 32.1. The summed E-state index contributed by atoms with van der Waals surface area (Å²) in [7, 11) is 1.82. The quantitative estimate of drug-likeness (QED) is 0.177. The summed E-state index contributed by atoms with van der Waals surface area (Å²) in [4.78, 5) is 26.5. The fourth-order valence-electron chi connectivity index (χ4n) is 6.40. The predicted molar refractivity (Wildman–Crippen MR) is 168 cm³/mol. The third-order valence-corrected chi connectivity index (χ3v) is 8.94. The van der Waals surface area contributed by atoms with E-state index in [2.05, 4.69) is 28.1 Å². The first-order valence-electron chi connectivity index (χ1n) is 15.3. The summed E-state index contributed by atoms with van der Waals surface area (Å²) in [6.07, 6.45) is 8.71. The summed E-state index contributed by atoms with van der Waals surface area (Å²) in [6, 6.07) is 2.84. The van der Waals surface area contributed by atoms with Gasteiger partial charge in [0.25, 0.3) is 0 Å². The Morgan fingerprint density at radius 2 is 2.02 bits per heavy atom. The standard InChI is InChI=1S/C33H41N5O7/c1-17-11-22(39)29-24(42-17)16-23-20(30(29)40)15-26(32(2,3)44-23)43-31(41)33(8-10-36-4)25(45-33)6-5-18-12-21(38-28(35)13-18)19-7-9-37-27(34)14-19/h7,11-14,16,21,25-26,36-38,40H,5-6,8-10,15,34-35H2,1-4H3. The van der Waals surface area contributed by atoms with Gasteiger partial charge in [0.1, 0.15) is 39.9 Å². The number of epoxide rings is 1. The summed E-state index contributed by atoms with van der Waals surface area (Å²) >= 11 is 0. The van der Waals surface area contributed by atoms with Crippen molar-refractivity contribution < 1.29 is 28.5 Å². The lowest BCUT2D eigenvalue weighted by Gasteiger charge is -2.39. The molecule has 4 unspecified atom stereocenters. The minimum absolute atomic E-state index is 0.0730. The molecule has 12 nitrogen and oxygen atoms in total. The van der Waals surface area contributed by atoms with Gasteiger partial charge in [-0.15, -0.1) is 0 Å². The molecule has 6 rings (SSSR count). The average Bonchev–Trinajstić information content (AvgIpc) is 3.69. The third-order valence-electron chi connectivity index (χ3n) is 8.94. The maximum atomic E-state index is 13.8. The Hall–Kier alpha value is -4.42. The van der Waals surface area contributed by atoms with E-state index in [-0.39, 0.29) is 40.7 Å². The minimum Gasteiger partial charge on any atom is -0.507 e. The molecule has 0 spiro atoms. The molecule has 2 aromatic rings. The molecule has 0 aliphatic carbocycles. The average molecular weight is 620 g/mol. The Kier molecular flexibility index (Phi) is 7.82. The van der Waals surface area contributed by atoms with E-state index in [0.29, 0.717) is 61.1 Å². The molecule has 240 valence electrons. The lowest BCUT2D eigenvalue weighted by atomic mass is 9.89. The Labute approximate surface area is 261 Å². The number of ether oxygens (including phenoxy) is 3. The van der Waals surface area contributed by atoms with Gasteiger partial charge in [-0.1, -0.05) is 12.2 Å². The molecule has 5 heterocycles. The van der Waals surface area contributed by atoms with Crippen molar-refractivity contribution in [2.45, 2.75) is 75.9 Å². The van der Waals surface area contributed by atoms with Crippen LogP contribution in [0, 0.1) is 6.92 Å². The molecule has 0 amide bonds. The van der Waals surface area contributed by atoms with E-state index in [0.717, 1.165) is 11.1 Å². The molecule has 0 bridgehead atoms. The second-order valence-corrected chi connectivity index (χ2v) is 12.6. The number of dihydropyridines is 2. The van der Waals surface area contributed by atoms with Crippen LogP contribution in [0.5, 0.6) is 11.5 Å². The first-order chi connectivity index (χ1) is 21.4. The number of nitrogens with one attached hydrogen (secondary N) is 3. The first kappa shape index (κ1) is 30.6. The smallest absolute Gasteiger partial charge is 0.341 e. The molecule has 45 heavy (non-hydrogen) atoms. The summed E-state index contributed by atoms with van der Waals surface area (Å²) in [5.74, 6) is 1.28. The zero-order valence-electron chi connectivity index (χ0n) is 26.0. The number of allylic oxidation sites excluding steroid dienone is 2. The normalized spacial score (nSPS) is 26.6. The van der Waals surface area contributed by atoms with Crippen LogP contribution >= 0.6 is 0 Å². The number of hydrogen-bond donors (Lipinski definition) is 6. The summed E-state index contributed by atoms with van der Waals surface area (Å²) in [5.41, 5.74) is 12.5. The second-order valence-electron chi connectivity index (χ2n) is 12.6. The molecule has 0 saturated carbocycles. The van der Waals surface area contributed by atoms with Crippen LogP contribution < -0.4 is 37.6 Å². The summed E-state index contributed by atoms with van der Waals surface area (Å²) < 4.78 is 24.2. The number of nitrogens with two attached hydrogens (primary N) is 2. The summed E-state index contributed by atoms with van der Waals surface area (Å²) in [6.45, 7) is 6.52. The van der Waals surface area contributed by atoms with Crippen molar-refractivity contribution in [1.29, 1.82) is 0 Å².